The summed E-state index contributed by atoms with van der Waals surface area (Å²) >= 11 is 0. The number of hydrogen-bond donors (Lipinski definition) is 0. The Morgan fingerprint density at radius 3 is 1.41 bits per heavy atom. The third-order valence-electron chi connectivity index (χ3n) is 4.50. The van der Waals surface area contributed by atoms with E-state index >= 15 is 0 Å². The molecule has 0 N–H and O–H groups in total. The van der Waals surface area contributed by atoms with E-state index in [0.717, 1.165) is 22.4 Å². The highest BCUT2D eigenvalue weighted by molar-refractivity contribution is 5.53. The second-order valence-electron chi connectivity index (χ2n) is 9.34. The molecular weight excluding hydrogens is 356 g/mol. The summed E-state index contributed by atoms with van der Waals surface area (Å²) in [6.45, 7) is 12.5. The zero-order chi connectivity index (χ0) is 21.1. The van der Waals surface area contributed by atoms with E-state index in [2.05, 4.69) is 102 Å². The SMILES string of the molecule is CC(C)(C)Oc1ccccc1C(OC(C)(C)C)(c1ccccc1)c1ccccc1. The molecule has 3 aromatic rings. The Labute approximate surface area is 175 Å². The largest absolute Gasteiger partial charge is 0.488 e. The molecule has 0 aliphatic heterocycles. The lowest BCUT2D eigenvalue weighted by molar-refractivity contribution is -0.0931. The summed E-state index contributed by atoms with van der Waals surface area (Å²) in [4.78, 5) is 0. The fraction of sp³-hybridized carbons (Fsp3) is 0.333. The standard InChI is InChI=1S/C27H32O2/c1-25(2,3)28-24-20-14-13-19-23(24)27(29-26(4,5)6,21-15-9-7-10-16-21)22-17-11-8-12-18-22/h7-20H,1-6H3. The maximum atomic E-state index is 6.96. The third-order valence-corrected chi connectivity index (χ3v) is 4.50. The predicted octanol–water partition coefficient (Wildman–Crippen LogP) is 6.97. The van der Waals surface area contributed by atoms with Gasteiger partial charge < -0.3 is 9.47 Å². The average Bonchev–Trinajstić information content (AvgIpc) is 2.66. The van der Waals surface area contributed by atoms with E-state index in [0.29, 0.717) is 0 Å². The smallest absolute Gasteiger partial charge is 0.148 e. The van der Waals surface area contributed by atoms with Crippen molar-refractivity contribution in [3.8, 4) is 5.75 Å². The van der Waals surface area contributed by atoms with Gasteiger partial charge >= 0.3 is 0 Å². The number of ether oxygens (including phenoxy) is 2. The molecule has 0 bridgehead atoms. The van der Waals surface area contributed by atoms with Crippen LogP contribution in [0.3, 0.4) is 0 Å². The van der Waals surface area contributed by atoms with Crippen LogP contribution >= 0.6 is 0 Å². The van der Waals surface area contributed by atoms with Gasteiger partial charge in [0.25, 0.3) is 0 Å². The lowest BCUT2D eigenvalue weighted by atomic mass is 9.79. The molecule has 3 aromatic carbocycles. The second kappa shape index (κ2) is 8.04. The Balaban J connectivity index is 2.38. The van der Waals surface area contributed by atoms with Gasteiger partial charge in [0, 0.05) is 5.56 Å². The molecule has 29 heavy (non-hydrogen) atoms. The van der Waals surface area contributed by atoms with Crippen molar-refractivity contribution in [1.29, 1.82) is 0 Å². The van der Waals surface area contributed by atoms with Crippen molar-refractivity contribution >= 4 is 0 Å². The molecule has 0 aromatic heterocycles. The molecule has 3 rings (SSSR count). The Bertz CT molecular complexity index is 877. The van der Waals surface area contributed by atoms with Crippen molar-refractivity contribution < 1.29 is 9.47 Å². The molecule has 0 saturated carbocycles. The molecule has 2 nitrogen and oxygen atoms in total. The van der Waals surface area contributed by atoms with Crippen molar-refractivity contribution in [3.63, 3.8) is 0 Å². The highest BCUT2D eigenvalue weighted by atomic mass is 16.5. The fourth-order valence-electron chi connectivity index (χ4n) is 3.63. The maximum Gasteiger partial charge on any atom is 0.148 e. The minimum Gasteiger partial charge on any atom is -0.488 e. The molecule has 0 fully saturated rings. The van der Waals surface area contributed by atoms with Gasteiger partial charge in [0.15, 0.2) is 0 Å². The van der Waals surface area contributed by atoms with Crippen LogP contribution < -0.4 is 4.74 Å². The number of benzene rings is 3. The van der Waals surface area contributed by atoms with Gasteiger partial charge in [-0.2, -0.15) is 0 Å². The van der Waals surface area contributed by atoms with E-state index in [1.54, 1.807) is 0 Å². The first kappa shape index (κ1) is 21.1. The van der Waals surface area contributed by atoms with Crippen molar-refractivity contribution in [2.45, 2.75) is 58.3 Å². The van der Waals surface area contributed by atoms with Crippen LogP contribution in [0.4, 0.5) is 0 Å². The van der Waals surface area contributed by atoms with Crippen molar-refractivity contribution in [3.05, 3.63) is 102 Å². The quantitative estimate of drug-likeness (QED) is 0.439. The first-order valence-electron chi connectivity index (χ1n) is 10.2. The summed E-state index contributed by atoms with van der Waals surface area (Å²) in [7, 11) is 0. The van der Waals surface area contributed by atoms with Crippen molar-refractivity contribution in [2.24, 2.45) is 0 Å². The Morgan fingerprint density at radius 1 is 0.517 bits per heavy atom. The van der Waals surface area contributed by atoms with Crippen LogP contribution in [-0.2, 0) is 10.3 Å². The molecule has 0 aliphatic rings. The van der Waals surface area contributed by atoms with Gasteiger partial charge in [0.05, 0.1) is 5.60 Å². The summed E-state index contributed by atoms with van der Waals surface area (Å²) in [6.07, 6.45) is 0. The predicted molar refractivity (Wildman–Crippen MR) is 120 cm³/mol. The zero-order valence-corrected chi connectivity index (χ0v) is 18.4. The van der Waals surface area contributed by atoms with Crippen LogP contribution in [0.15, 0.2) is 84.9 Å². The molecule has 0 amide bonds. The van der Waals surface area contributed by atoms with Gasteiger partial charge in [-0.15, -0.1) is 0 Å². The molecule has 0 atom stereocenters. The lowest BCUT2D eigenvalue weighted by Crippen LogP contribution is -2.40. The average molecular weight is 389 g/mol. The molecule has 152 valence electrons. The molecule has 0 heterocycles. The Kier molecular flexibility index (Phi) is 5.86. The van der Waals surface area contributed by atoms with Crippen LogP contribution in [-0.4, -0.2) is 11.2 Å². The first-order valence-corrected chi connectivity index (χ1v) is 10.2. The van der Waals surface area contributed by atoms with Gasteiger partial charge in [-0.3, -0.25) is 0 Å². The molecule has 0 saturated heterocycles. The van der Waals surface area contributed by atoms with Crippen LogP contribution in [0.25, 0.3) is 0 Å². The summed E-state index contributed by atoms with van der Waals surface area (Å²) in [5.74, 6) is 0.831. The minimum atomic E-state index is -0.803. The Morgan fingerprint density at radius 2 is 0.966 bits per heavy atom. The lowest BCUT2D eigenvalue weighted by Gasteiger charge is -2.42. The van der Waals surface area contributed by atoms with Gasteiger partial charge in [-0.25, -0.2) is 0 Å². The van der Waals surface area contributed by atoms with Crippen LogP contribution in [0, 0.1) is 0 Å². The van der Waals surface area contributed by atoms with Crippen molar-refractivity contribution in [2.75, 3.05) is 0 Å². The summed E-state index contributed by atoms with van der Waals surface area (Å²) in [5.41, 5.74) is 1.64. The van der Waals surface area contributed by atoms with Gasteiger partial charge in [-0.1, -0.05) is 78.9 Å². The summed E-state index contributed by atoms with van der Waals surface area (Å²) in [5, 5.41) is 0. The van der Waals surface area contributed by atoms with E-state index in [-0.39, 0.29) is 11.2 Å². The van der Waals surface area contributed by atoms with Crippen LogP contribution in [0.1, 0.15) is 58.2 Å². The van der Waals surface area contributed by atoms with E-state index in [9.17, 15) is 0 Å². The number of hydrogen-bond acceptors (Lipinski definition) is 2. The van der Waals surface area contributed by atoms with E-state index in [1.807, 2.05) is 24.3 Å². The fourth-order valence-corrected chi connectivity index (χ4v) is 3.63. The van der Waals surface area contributed by atoms with Gasteiger partial charge in [0.2, 0.25) is 0 Å². The highest BCUT2D eigenvalue weighted by Crippen LogP contribution is 2.47. The Hall–Kier alpha value is -2.58. The minimum absolute atomic E-state index is 0.322. The van der Waals surface area contributed by atoms with Gasteiger partial charge in [0.1, 0.15) is 17.0 Å². The molecule has 0 spiro atoms. The van der Waals surface area contributed by atoms with E-state index in [1.165, 1.54) is 0 Å². The molecule has 0 unspecified atom stereocenters. The number of rotatable bonds is 5. The zero-order valence-electron chi connectivity index (χ0n) is 18.4. The van der Waals surface area contributed by atoms with Crippen LogP contribution in [0.5, 0.6) is 5.75 Å². The molecular formula is C27H32O2. The second-order valence-corrected chi connectivity index (χ2v) is 9.34. The summed E-state index contributed by atoms with van der Waals surface area (Å²) < 4.78 is 13.4. The molecule has 2 heteroatoms. The molecule has 0 aliphatic carbocycles. The van der Waals surface area contributed by atoms with Crippen LogP contribution in [0.2, 0.25) is 0 Å². The third kappa shape index (κ3) is 4.89. The monoisotopic (exact) mass is 388 g/mol. The molecule has 0 radical (unpaired) electrons. The van der Waals surface area contributed by atoms with Gasteiger partial charge in [-0.05, 0) is 58.7 Å². The number of para-hydroxylation sites is 1. The topological polar surface area (TPSA) is 18.5 Å². The first-order chi connectivity index (χ1) is 13.6. The van der Waals surface area contributed by atoms with Crippen molar-refractivity contribution in [1.82, 2.24) is 0 Å². The normalized spacial score (nSPS) is 12.6. The summed E-state index contributed by atoms with van der Waals surface area (Å²) in [6, 6.07) is 29.1. The highest BCUT2D eigenvalue weighted by Gasteiger charge is 2.43. The van der Waals surface area contributed by atoms with E-state index in [4.69, 9.17) is 9.47 Å². The maximum absolute atomic E-state index is 6.96. The van der Waals surface area contributed by atoms with E-state index < -0.39 is 5.60 Å².